The molecule has 0 saturated carbocycles. The zero-order valence-electron chi connectivity index (χ0n) is 22.2. The average molecular weight is 495 g/mol. The summed E-state index contributed by atoms with van der Waals surface area (Å²) in [6.45, 7) is 9.73. The van der Waals surface area contributed by atoms with Crippen molar-refractivity contribution in [2.75, 3.05) is 6.54 Å². The molecule has 3 aromatic heterocycles. The molecule has 0 spiro atoms. The van der Waals surface area contributed by atoms with Gasteiger partial charge in [-0.05, 0) is 91.1 Å². The quantitative estimate of drug-likeness (QED) is 0.218. The molecule has 1 aliphatic rings. The van der Waals surface area contributed by atoms with Crippen LogP contribution < -0.4 is 0 Å². The molecule has 4 aromatic carbocycles. The molecule has 4 heteroatoms. The molecule has 186 valence electrons. The van der Waals surface area contributed by atoms with Gasteiger partial charge in [0.15, 0.2) is 0 Å². The van der Waals surface area contributed by atoms with Gasteiger partial charge in [-0.25, -0.2) is 0 Å². The second kappa shape index (κ2) is 8.56. The van der Waals surface area contributed by atoms with Gasteiger partial charge < -0.3 is 9.97 Å². The molecule has 0 bridgehead atoms. The van der Waals surface area contributed by atoms with Crippen LogP contribution in [0.1, 0.15) is 33.4 Å². The lowest BCUT2D eigenvalue weighted by Gasteiger charge is -2.17. The van der Waals surface area contributed by atoms with E-state index in [1.54, 1.807) is 0 Å². The van der Waals surface area contributed by atoms with Gasteiger partial charge in [0.05, 0.1) is 5.52 Å². The Morgan fingerprint density at radius 3 is 1.97 bits per heavy atom. The van der Waals surface area contributed by atoms with Crippen molar-refractivity contribution in [2.24, 2.45) is 4.99 Å². The largest absolute Gasteiger partial charge is 0.354 e. The first-order valence-corrected chi connectivity index (χ1v) is 13.3. The van der Waals surface area contributed by atoms with Crippen molar-refractivity contribution in [3.05, 3.63) is 100 Å². The SMILES string of the molecule is Cc1c2c(c(C)c3c1[nH]c1ccccc13)C=NCC2.Cc1c2ccncc2c(C)c2c1[nH]c1ccccc12. The molecule has 0 fully saturated rings. The molecule has 1 aliphatic heterocycles. The molecule has 38 heavy (non-hydrogen) atoms. The van der Waals surface area contributed by atoms with Gasteiger partial charge in [0.25, 0.3) is 0 Å². The van der Waals surface area contributed by atoms with E-state index in [-0.39, 0.29) is 0 Å². The van der Waals surface area contributed by atoms with Crippen LogP contribution in [0.15, 0.2) is 72.0 Å². The summed E-state index contributed by atoms with van der Waals surface area (Å²) in [7, 11) is 0. The monoisotopic (exact) mass is 494 g/mol. The van der Waals surface area contributed by atoms with Crippen LogP contribution >= 0.6 is 0 Å². The van der Waals surface area contributed by atoms with Gasteiger partial charge >= 0.3 is 0 Å². The Kier molecular flexibility index (Phi) is 5.12. The second-order valence-electron chi connectivity index (χ2n) is 10.4. The van der Waals surface area contributed by atoms with E-state index in [9.17, 15) is 0 Å². The van der Waals surface area contributed by atoms with Crippen molar-refractivity contribution < 1.29 is 0 Å². The van der Waals surface area contributed by atoms with Crippen molar-refractivity contribution in [1.29, 1.82) is 0 Å². The topological polar surface area (TPSA) is 56.8 Å². The number of nitrogens with zero attached hydrogens (tertiary/aromatic N) is 2. The van der Waals surface area contributed by atoms with E-state index < -0.39 is 0 Å². The summed E-state index contributed by atoms with van der Waals surface area (Å²) in [6, 6.07) is 19.1. The smallest absolute Gasteiger partial charge is 0.0503 e. The molecule has 0 amide bonds. The number of pyridine rings is 1. The molecule has 0 radical (unpaired) electrons. The van der Waals surface area contributed by atoms with Gasteiger partial charge in [0.2, 0.25) is 0 Å². The van der Waals surface area contributed by atoms with Crippen molar-refractivity contribution in [2.45, 2.75) is 34.1 Å². The van der Waals surface area contributed by atoms with E-state index in [1.807, 2.05) is 12.4 Å². The first kappa shape index (κ1) is 22.7. The fraction of sp³-hybridized carbons (Fsp3) is 0.176. The standard InChI is InChI=1S/C17H16N2.C17H14N2/c2*1-10-14-9-18-8-7-12(14)11(2)17-16(10)13-5-3-4-6-15(13)19-17/h3-6,9,19H,7-8H2,1-2H3;3-9,19H,1-2H3. The number of rotatable bonds is 0. The van der Waals surface area contributed by atoms with Gasteiger partial charge in [0.1, 0.15) is 0 Å². The Labute approximate surface area is 221 Å². The Morgan fingerprint density at radius 1 is 0.632 bits per heavy atom. The van der Waals surface area contributed by atoms with Gasteiger partial charge in [-0.2, -0.15) is 0 Å². The number of hydrogen-bond acceptors (Lipinski definition) is 2. The Hall–Kier alpha value is -4.44. The molecular formula is C34H30N4. The Bertz CT molecular complexity index is 2070. The van der Waals surface area contributed by atoms with Gasteiger partial charge in [-0.1, -0.05) is 36.4 Å². The van der Waals surface area contributed by atoms with E-state index in [4.69, 9.17) is 0 Å². The molecule has 2 N–H and O–H groups in total. The molecule has 0 atom stereocenters. The summed E-state index contributed by atoms with van der Waals surface area (Å²) in [6.07, 6.45) is 6.95. The maximum absolute atomic E-state index is 4.46. The van der Waals surface area contributed by atoms with Crippen LogP contribution in [0.3, 0.4) is 0 Å². The lowest BCUT2D eigenvalue weighted by atomic mass is 9.90. The van der Waals surface area contributed by atoms with Crippen LogP contribution in [0.2, 0.25) is 0 Å². The Morgan fingerprint density at radius 2 is 1.26 bits per heavy atom. The van der Waals surface area contributed by atoms with Gasteiger partial charge in [-0.15, -0.1) is 0 Å². The predicted molar refractivity (Wildman–Crippen MR) is 162 cm³/mol. The third-order valence-electron chi connectivity index (χ3n) is 8.43. The van der Waals surface area contributed by atoms with Gasteiger partial charge in [0, 0.05) is 68.6 Å². The summed E-state index contributed by atoms with van der Waals surface area (Å²) < 4.78 is 0. The first-order valence-electron chi connectivity index (χ1n) is 13.3. The summed E-state index contributed by atoms with van der Waals surface area (Å²) >= 11 is 0. The number of nitrogens with one attached hydrogen (secondary N) is 2. The molecule has 0 unspecified atom stereocenters. The van der Waals surface area contributed by atoms with E-state index in [1.165, 1.54) is 87.8 Å². The molecule has 0 aliphatic carbocycles. The lowest BCUT2D eigenvalue weighted by Crippen LogP contribution is -2.08. The maximum Gasteiger partial charge on any atom is 0.0503 e. The molecular weight excluding hydrogens is 464 g/mol. The number of para-hydroxylation sites is 2. The van der Waals surface area contributed by atoms with Crippen molar-refractivity contribution in [3.63, 3.8) is 0 Å². The molecule has 0 saturated heterocycles. The number of H-pyrrole nitrogens is 2. The number of benzene rings is 4. The fourth-order valence-electron chi connectivity index (χ4n) is 6.46. The number of aryl methyl sites for hydroxylation is 4. The van der Waals surface area contributed by atoms with Crippen molar-refractivity contribution in [3.8, 4) is 0 Å². The number of aromatic amines is 2. The van der Waals surface area contributed by atoms with E-state index in [0.717, 1.165) is 13.0 Å². The predicted octanol–water partition coefficient (Wildman–Crippen LogP) is 8.40. The highest BCUT2D eigenvalue weighted by molar-refractivity contribution is 6.16. The fourth-order valence-corrected chi connectivity index (χ4v) is 6.46. The first-order chi connectivity index (χ1) is 18.5. The van der Waals surface area contributed by atoms with Crippen molar-refractivity contribution >= 4 is 60.6 Å². The van der Waals surface area contributed by atoms with Crippen LogP contribution in [-0.4, -0.2) is 27.7 Å². The molecule has 4 nitrogen and oxygen atoms in total. The summed E-state index contributed by atoms with van der Waals surface area (Å²) in [5, 5.41) is 7.83. The zero-order valence-corrected chi connectivity index (χ0v) is 22.2. The molecule has 4 heterocycles. The lowest BCUT2D eigenvalue weighted by molar-refractivity contribution is 0.941. The van der Waals surface area contributed by atoms with Gasteiger partial charge in [-0.3, -0.25) is 9.98 Å². The average Bonchev–Trinajstić information content (AvgIpc) is 3.55. The highest BCUT2D eigenvalue weighted by atomic mass is 14.7. The third kappa shape index (κ3) is 3.23. The maximum atomic E-state index is 4.46. The van der Waals surface area contributed by atoms with E-state index in [0.29, 0.717) is 0 Å². The molecule has 8 rings (SSSR count). The van der Waals surface area contributed by atoms with Crippen LogP contribution in [-0.2, 0) is 6.42 Å². The minimum atomic E-state index is 0.916. The molecule has 7 aromatic rings. The number of aromatic nitrogens is 3. The summed E-state index contributed by atoms with van der Waals surface area (Å²) in [5.41, 5.74) is 13.1. The number of hydrogen-bond donors (Lipinski definition) is 2. The number of fused-ring (bicyclic) bond motifs is 8. The van der Waals surface area contributed by atoms with Crippen LogP contribution in [0.5, 0.6) is 0 Å². The highest BCUT2D eigenvalue weighted by Crippen LogP contribution is 2.37. The minimum absolute atomic E-state index is 0.916. The second-order valence-corrected chi connectivity index (χ2v) is 10.4. The number of aliphatic imine (C=N–C) groups is 1. The Balaban J connectivity index is 0.000000127. The van der Waals surface area contributed by atoms with Crippen molar-refractivity contribution in [1.82, 2.24) is 15.0 Å². The van der Waals surface area contributed by atoms with Crippen LogP contribution in [0, 0.1) is 27.7 Å². The van der Waals surface area contributed by atoms with E-state index in [2.05, 4.69) is 108 Å². The van der Waals surface area contributed by atoms with Crippen LogP contribution in [0.25, 0.3) is 54.4 Å². The normalized spacial score (nSPS) is 12.9. The zero-order chi connectivity index (χ0) is 26.0. The third-order valence-corrected chi connectivity index (χ3v) is 8.43. The van der Waals surface area contributed by atoms with E-state index >= 15 is 0 Å². The highest BCUT2D eigenvalue weighted by Gasteiger charge is 2.18. The summed E-state index contributed by atoms with van der Waals surface area (Å²) in [4.78, 5) is 15.9. The summed E-state index contributed by atoms with van der Waals surface area (Å²) in [5.74, 6) is 0. The minimum Gasteiger partial charge on any atom is -0.354 e. The van der Waals surface area contributed by atoms with Crippen LogP contribution in [0.4, 0.5) is 0 Å².